The monoisotopic (exact) mass is 720 g/mol. The standard InChI is InChI=1S/C13H12BrNO.C12H14BrN.C3H3Cl3O3/c14-12-8-3-1-5-10(8)13(15-7-16)11-6-2-4-9(11)12;13-11-7-3-1-5-9(7)12(14)10-6-2-4-8(10)11;1-8-2(7)9-3(4,5)6/h1-6H2;1-6,14H2;1H3. The largest absolute Gasteiger partial charge is 0.511 e. The number of nitrogens with zero attached hydrogens (tertiary/aromatic N) is 1. The van der Waals surface area contributed by atoms with E-state index in [9.17, 15) is 9.59 Å². The number of aliphatic imine (C=N–C) groups is 1. The molecule has 0 radical (unpaired) electrons. The second-order valence-corrected chi connectivity index (χ2v) is 13.6. The van der Waals surface area contributed by atoms with Crippen LogP contribution in [0, 0.1) is 0 Å². The summed E-state index contributed by atoms with van der Waals surface area (Å²) in [5.74, 6) is 0. The van der Waals surface area contributed by atoms with Crippen molar-refractivity contribution in [1.29, 1.82) is 0 Å². The third-order valence-corrected chi connectivity index (χ3v) is 9.82. The molecule has 0 atom stereocenters. The fourth-order valence-electron chi connectivity index (χ4n) is 6.11. The van der Waals surface area contributed by atoms with Crippen molar-refractivity contribution in [2.45, 2.75) is 81.0 Å². The molecule has 210 valence electrons. The van der Waals surface area contributed by atoms with Crippen LogP contribution in [0.15, 0.2) is 13.9 Å². The number of nitrogens with two attached hydrogens (primary N) is 1. The zero-order valence-corrected chi connectivity index (χ0v) is 27.0. The van der Waals surface area contributed by atoms with Crippen LogP contribution in [0.3, 0.4) is 0 Å². The Balaban J connectivity index is 0.000000142. The maximum Gasteiger partial charge on any atom is 0.511 e. The molecule has 39 heavy (non-hydrogen) atoms. The Kier molecular flexibility index (Phi) is 10.3. The van der Waals surface area contributed by atoms with E-state index in [0.717, 1.165) is 44.2 Å². The molecule has 2 aromatic rings. The van der Waals surface area contributed by atoms with E-state index in [-0.39, 0.29) is 0 Å². The highest BCUT2D eigenvalue weighted by Gasteiger charge is 2.28. The molecular formula is C28H29Br2Cl3N2O4. The van der Waals surface area contributed by atoms with Crippen molar-refractivity contribution in [2.75, 3.05) is 12.8 Å². The Labute approximate surface area is 260 Å². The maximum atomic E-state index is 10.6. The summed E-state index contributed by atoms with van der Waals surface area (Å²) in [6.45, 7) is 0. The van der Waals surface area contributed by atoms with Gasteiger partial charge in [-0.2, -0.15) is 4.99 Å². The highest BCUT2D eigenvalue weighted by molar-refractivity contribution is 9.11. The van der Waals surface area contributed by atoms with Gasteiger partial charge in [-0.05, 0) is 156 Å². The minimum absolute atomic E-state index is 0.943. The lowest BCUT2D eigenvalue weighted by molar-refractivity contribution is 0.0704. The number of alkyl halides is 3. The van der Waals surface area contributed by atoms with Gasteiger partial charge in [-0.1, -0.05) is 31.9 Å². The lowest BCUT2D eigenvalue weighted by Gasteiger charge is -2.13. The molecule has 0 unspecified atom stereocenters. The Morgan fingerprint density at radius 2 is 1.13 bits per heavy atom. The van der Waals surface area contributed by atoms with Gasteiger partial charge in [-0.15, -0.1) is 0 Å². The van der Waals surface area contributed by atoms with E-state index in [2.05, 4.69) is 46.3 Å². The molecule has 0 bridgehead atoms. The summed E-state index contributed by atoms with van der Waals surface area (Å²) in [7, 11) is 1.11. The number of isocyanates is 1. The summed E-state index contributed by atoms with van der Waals surface area (Å²) < 4.78 is 8.67. The lowest BCUT2D eigenvalue weighted by atomic mass is 9.99. The van der Waals surface area contributed by atoms with Gasteiger partial charge in [0.2, 0.25) is 6.08 Å². The number of halogens is 5. The van der Waals surface area contributed by atoms with Gasteiger partial charge in [0.05, 0.1) is 12.8 Å². The first-order chi connectivity index (χ1) is 18.6. The third-order valence-electron chi connectivity index (χ3n) is 7.68. The van der Waals surface area contributed by atoms with Gasteiger partial charge in [-0.25, -0.2) is 9.59 Å². The van der Waals surface area contributed by atoms with Gasteiger partial charge < -0.3 is 15.2 Å². The topological polar surface area (TPSA) is 91.0 Å². The van der Waals surface area contributed by atoms with Gasteiger partial charge >= 0.3 is 10.1 Å². The molecule has 11 heteroatoms. The number of rotatable bonds is 1. The number of carbonyl (C=O) groups is 1. The quantitative estimate of drug-likeness (QED) is 0.105. The lowest BCUT2D eigenvalue weighted by Crippen LogP contribution is -2.15. The molecule has 4 aliphatic rings. The molecule has 6 nitrogen and oxygen atoms in total. The average Bonchev–Trinajstić information content (AvgIpc) is 3.70. The number of hydrogen-bond acceptors (Lipinski definition) is 6. The number of methoxy groups -OCH3 is 1. The molecule has 0 saturated carbocycles. The average molecular weight is 724 g/mol. The molecule has 2 aromatic carbocycles. The molecule has 0 saturated heterocycles. The van der Waals surface area contributed by atoms with Crippen LogP contribution in [0.5, 0.6) is 0 Å². The summed E-state index contributed by atoms with van der Waals surface area (Å²) in [6.07, 6.45) is 14.8. The van der Waals surface area contributed by atoms with Crippen molar-refractivity contribution in [3.63, 3.8) is 0 Å². The molecule has 0 spiro atoms. The predicted molar refractivity (Wildman–Crippen MR) is 162 cm³/mol. The summed E-state index contributed by atoms with van der Waals surface area (Å²) in [6, 6.07) is 0. The van der Waals surface area contributed by atoms with Gasteiger partial charge in [0, 0.05) is 14.6 Å². The predicted octanol–water partition coefficient (Wildman–Crippen LogP) is 8.50. The van der Waals surface area contributed by atoms with Crippen LogP contribution in [0.25, 0.3) is 0 Å². The van der Waals surface area contributed by atoms with E-state index in [1.54, 1.807) is 6.08 Å². The second kappa shape index (κ2) is 13.1. The van der Waals surface area contributed by atoms with Crippen LogP contribution in [-0.4, -0.2) is 23.3 Å². The summed E-state index contributed by atoms with van der Waals surface area (Å²) >= 11 is 22.5. The first-order valence-electron chi connectivity index (χ1n) is 12.9. The number of fused-ring (bicyclic) bond motifs is 4. The van der Waals surface area contributed by atoms with Gasteiger partial charge in [-0.3, -0.25) is 0 Å². The van der Waals surface area contributed by atoms with Crippen LogP contribution < -0.4 is 5.73 Å². The normalized spacial score (nSPS) is 15.9. The van der Waals surface area contributed by atoms with Crippen LogP contribution >= 0.6 is 66.7 Å². The number of hydrogen-bond donors (Lipinski definition) is 1. The Morgan fingerprint density at radius 1 is 0.769 bits per heavy atom. The molecule has 0 fully saturated rings. The van der Waals surface area contributed by atoms with E-state index in [0.29, 0.717) is 0 Å². The van der Waals surface area contributed by atoms with Gasteiger partial charge in [0.25, 0.3) is 0 Å². The van der Waals surface area contributed by atoms with Crippen molar-refractivity contribution >= 4 is 90.3 Å². The Hall–Kier alpha value is -1.28. The van der Waals surface area contributed by atoms with E-state index in [4.69, 9.17) is 40.5 Å². The fraction of sp³-hybridized carbons (Fsp3) is 0.500. The van der Waals surface area contributed by atoms with E-state index in [1.165, 1.54) is 105 Å². The minimum atomic E-state index is -2.03. The van der Waals surface area contributed by atoms with Crippen LogP contribution in [0.2, 0.25) is 0 Å². The number of anilines is 1. The highest BCUT2D eigenvalue weighted by atomic mass is 79.9. The summed E-state index contributed by atoms with van der Waals surface area (Å²) in [5.41, 5.74) is 19.5. The molecule has 2 N–H and O–H groups in total. The first kappa shape index (κ1) is 30.7. The van der Waals surface area contributed by atoms with Crippen molar-refractivity contribution in [3.8, 4) is 0 Å². The maximum absolute atomic E-state index is 10.6. The second-order valence-electron chi connectivity index (χ2n) is 9.84. The van der Waals surface area contributed by atoms with Crippen molar-refractivity contribution in [3.05, 3.63) is 53.5 Å². The number of ether oxygens (including phenoxy) is 2. The van der Waals surface area contributed by atoms with Crippen LogP contribution in [0.1, 0.15) is 70.2 Å². The zero-order chi connectivity index (χ0) is 28.3. The molecule has 6 rings (SSSR count). The summed E-state index contributed by atoms with van der Waals surface area (Å²) in [5, 5.41) is 0. The minimum Gasteiger partial charge on any atom is -0.438 e. The summed E-state index contributed by atoms with van der Waals surface area (Å²) in [4.78, 5) is 24.6. The van der Waals surface area contributed by atoms with Crippen molar-refractivity contribution in [1.82, 2.24) is 0 Å². The molecule has 0 aliphatic heterocycles. The van der Waals surface area contributed by atoms with Crippen molar-refractivity contribution < 1.29 is 19.1 Å². The Bertz CT molecular complexity index is 1230. The van der Waals surface area contributed by atoms with Gasteiger partial charge in [0.15, 0.2) is 0 Å². The van der Waals surface area contributed by atoms with E-state index in [1.807, 2.05) is 0 Å². The zero-order valence-electron chi connectivity index (χ0n) is 21.5. The molecule has 0 aromatic heterocycles. The van der Waals surface area contributed by atoms with Crippen molar-refractivity contribution in [2.24, 2.45) is 4.99 Å². The SMILES string of the molecule is COC(=O)OC(Cl)(Cl)Cl.Nc1c2c(c(Br)c3c1CCC3)CCC2.O=C=Nc1c2c(c(Br)c3c1CCC3)CCC2. The highest BCUT2D eigenvalue weighted by Crippen LogP contribution is 2.45. The number of carbonyl (C=O) groups excluding carboxylic acids is 2. The van der Waals surface area contributed by atoms with Gasteiger partial charge in [0.1, 0.15) is 0 Å². The fourth-order valence-corrected chi connectivity index (χ4v) is 8.05. The Morgan fingerprint density at radius 3 is 1.46 bits per heavy atom. The van der Waals surface area contributed by atoms with Crippen LogP contribution in [-0.2, 0) is 65.6 Å². The van der Waals surface area contributed by atoms with Crippen LogP contribution in [0.4, 0.5) is 16.2 Å². The number of nitrogen functional groups attached to an aromatic ring is 1. The van der Waals surface area contributed by atoms with E-state index >= 15 is 0 Å². The molecule has 4 aliphatic carbocycles. The third kappa shape index (κ3) is 6.79. The first-order valence-corrected chi connectivity index (χ1v) is 15.7. The molecular weight excluding hydrogens is 694 g/mol. The smallest absolute Gasteiger partial charge is 0.438 e. The number of benzene rings is 2. The molecule has 0 amide bonds. The molecule has 0 heterocycles. The van der Waals surface area contributed by atoms with E-state index < -0.39 is 10.1 Å².